The molecule has 0 bridgehead atoms. The number of carbonyl (C=O) groups excluding carboxylic acids is 1. The lowest BCUT2D eigenvalue weighted by molar-refractivity contribution is -0.120. The molecule has 0 aliphatic carbocycles. The summed E-state index contributed by atoms with van der Waals surface area (Å²) in [7, 11) is 1.59. The molecule has 0 aromatic carbocycles. The van der Waals surface area contributed by atoms with E-state index in [1.807, 2.05) is 6.07 Å². The van der Waals surface area contributed by atoms with E-state index in [1.165, 1.54) is 0 Å². The molecule has 0 aliphatic heterocycles. The van der Waals surface area contributed by atoms with Gasteiger partial charge in [0.2, 0.25) is 5.91 Å². The first-order chi connectivity index (χ1) is 7.27. The van der Waals surface area contributed by atoms with Crippen LogP contribution in [-0.2, 0) is 4.79 Å². The van der Waals surface area contributed by atoms with Crippen molar-refractivity contribution in [2.45, 2.75) is 6.42 Å². The number of rotatable bonds is 4. The molecule has 5 heteroatoms. The quantitative estimate of drug-likeness (QED) is 0.748. The van der Waals surface area contributed by atoms with E-state index in [1.54, 1.807) is 25.4 Å². The number of amides is 1. The molecule has 1 amide bonds. The van der Waals surface area contributed by atoms with Crippen molar-refractivity contribution < 1.29 is 4.79 Å². The van der Waals surface area contributed by atoms with Crippen molar-refractivity contribution >= 4 is 11.6 Å². The van der Waals surface area contributed by atoms with E-state index in [0.29, 0.717) is 24.3 Å². The highest BCUT2D eigenvalue weighted by atomic mass is 16.1. The summed E-state index contributed by atoms with van der Waals surface area (Å²) in [6.45, 7) is 0.486. The zero-order valence-corrected chi connectivity index (χ0v) is 8.45. The topological polar surface area (TPSA) is 77.8 Å². The predicted molar refractivity (Wildman–Crippen MR) is 56.1 cm³/mol. The first kappa shape index (κ1) is 11.0. The Balaban J connectivity index is 2.51. The number of hydrogen-bond donors (Lipinski definition) is 2. The lowest BCUT2D eigenvalue weighted by Crippen LogP contribution is -2.21. The molecule has 0 radical (unpaired) electrons. The summed E-state index contributed by atoms with van der Waals surface area (Å²) in [6, 6.07) is 5.47. The molecule has 0 saturated carbocycles. The van der Waals surface area contributed by atoms with Gasteiger partial charge in [-0.25, -0.2) is 4.98 Å². The Labute approximate surface area is 88.1 Å². The van der Waals surface area contributed by atoms with Crippen LogP contribution in [0.25, 0.3) is 0 Å². The van der Waals surface area contributed by atoms with E-state index in [9.17, 15) is 4.79 Å². The van der Waals surface area contributed by atoms with Crippen molar-refractivity contribution in [1.29, 1.82) is 5.26 Å². The summed E-state index contributed by atoms with van der Waals surface area (Å²) in [5, 5.41) is 14.2. The van der Waals surface area contributed by atoms with Gasteiger partial charge in [-0.3, -0.25) is 4.79 Å². The second kappa shape index (κ2) is 5.60. The molecule has 1 heterocycles. The average molecular weight is 204 g/mol. The van der Waals surface area contributed by atoms with Crippen molar-refractivity contribution in [3.63, 3.8) is 0 Å². The Hall–Kier alpha value is -2.09. The van der Waals surface area contributed by atoms with E-state index in [2.05, 4.69) is 15.6 Å². The van der Waals surface area contributed by atoms with Gasteiger partial charge in [-0.15, -0.1) is 0 Å². The molecule has 1 rings (SSSR count). The molecule has 0 aliphatic rings. The SMILES string of the molecule is CNC(=O)CCNc1cccnc1C#N. The molecular weight excluding hydrogens is 192 g/mol. The van der Waals surface area contributed by atoms with Crippen LogP contribution in [0, 0.1) is 11.3 Å². The number of hydrogen-bond acceptors (Lipinski definition) is 4. The van der Waals surface area contributed by atoms with Crippen LogP contribution < -0.4 is 10.6 Å². The van der Waals surface area contributed by atoms with Gasteiger partial charge < -0.3 is 10.6 Å². The highest BCUT2D eigenvalue weighted by molar-refractivity contribution is 5.76. The van der Waals surface area contributed by atoms with Crippen LogP contribution in [0.1, 0.15) is 12.1 Å². The summed E-state index contributed by atoms with van der Waals surface area (Å²) in [4.78, 5) is 14.8. The van der Waals surface area contributed by atoms with Gasteiger partial charge in [0.15, 0.2) is 5.69 Å². The van der Waals surface area contributed by atoms with Crippen molar-refractivity contribution in [2.24, 2.45) is 0 Å². The Morgan fingerprint density at radius 3 is 3.13 bits per heavy atom. The minimum atomic E-state index is -0.0371. The summed E-state index contributed by atoms with van der Waals surface area (Å²) >= 11 is 0. The minimum Gasteiger partial charge on any atom is -0.382 e. The predicted octanol–water partition coefficient (Wildman–Crippen LogP) is 0.501. The number of anilines is 1. The third kappa shape index (κ3) is 3.27. The number of nitriles is 1. The van der Waals surface area contributed by atoms with Gasteiger partial charge in [0, 0.05) is 26.2 Å². The van der Waals surface area contributed by atoms with Gasteiger partial charge in [0.25, 0.3) is 0 Å². The first-order valence-corrected chi connectivity index (χ1v) is 4.57. The second-order valence-corrected chi connectivity index (χ2v) is 2.86. The van der Waals surface area contributed by atoms with Crippen molar-refractivity contribution in [2.75, 3.05) is 18.9 Å². The average Bonchev–Trinajstić information content (AvgIpc) is 2.29. The van der Waals surface area contributed by atoms with E-state index in [-0.39, 0.29) is 5.91 Å². The monoisotopic (exact) mass is 204 g/mol. The van der Waals surface area contributed by atoms with Crippen LogP contribution >= 0.6 is 0 Å². The molecule has 0 unspecified atom stereocenters. The lowest BCUT2D eigenvalue weighted by atomic mass is 10.3. The van der Waals surface area contributed by atoms with Crippen molar-refractivity contribution in [3.05, 3.63) is 24.0 Å². The highest BCUT2D eigenvalue weighted by Crippen LogP contribution is 2.09. The molecule has 0 spiro atoms. The highest BCUT2D eigenvalue weighted by Gasteiger charge is 2.02. The fourth-order valence-electron chi connectivity index (χ4n) is 1.07. The van der Waals surface area contributed by atoms with Crippen LogP contribution in [0.4, 0.5) is 5.69 Å². The zero-order chi connectivity index (χ0) is 11.1. The van der Waals surface area contributed by atoms with Crippen LogP contribution in [0.2, 0.25) is 0 Å². The summed E-state index contributed by atoms with van der Waals surface area (Å²) in [6.07, 6.45) is 1.93. The van der Waals surface area contributed by atoms with Gasteiger partial charge in [-0.2, -0.15) is 5.26 Å². The molecule has 2 N–H and O–H groups in total. The van der Waals surface area contributed by atoms with Gasteiger partial charge >= 0.3 is 0 Å². The first-order valence-electron chi connectivity index (χ1n) is 4.57. The van der Waals surface area contributed by atoms with Crippen molar-refractivity contribution in [3.8, 4) is 6.07 Å². The van der Waals surface area contributed by atoms with E-state index >= 15 is 0 Å². The molecule has 0 fully saturated rings. The van der Waals surface area contributed by atoms with E-state index < -0.39 is 0 Å². The molecular formula is C10H12N4O. The summed E-state index contributed by atoms with van der Waals surface area (Å²) in [5.74, 6) is -0.0371. The maximum Gasteiger partial charge on any atom is 0.221 e. The van der Waals surface area contributed by atoms with Gasteiger partial charge in [0.1, 0.15) is 6.07 Å². The molecule has 0 atom stereocenters. The number of carbonyl (C=O) groups is 1. The van der Waals surface area contributed by atoms with Crippen LogP contribution in [0.3, 0.4) is 0 Å². The van der Waals surface area contributed by atoms with E-state index in [4.69, 9.17) is 5.26 Å². The van der Waals surface area contributed by atoms with Gasteiger partial charge in [0.05, 0.1) is 5.69 Å². The Bertz CT molecular complexity index is 383. The van der Waals surface area contributed by atoms with E-state index in [0.717, 1.165) is 0 Å². The van der Waals surface area contributed by atoms with Gasteiger partial charge in [-0.05, 0) is 12.1 Å². The maximum atomic E-state index is 10.9. The van der Waals surface area contributed by atoms with Crippen LogP contribution in [0.5, 0.6) is 0 Å². The normalized spacial score (nSPS) is 9.07. The number of nitrogens with zero attached hydrogens (tertiary/aromatic N) is 2. The largest absolute Gasteiger partial charge is 0.382 e. The third-order valence-corrected chi connectivity index (χ3v) is 1.86. The van der Waals surface area contributed by atoms with Crippen LogP contribution in [0.15, 0.2) is 18.3 Å². The Morgan fingerprint density at radius 2 is 2.47 bits per heavy atom. The Kier molecular flexibility index (Phi) is 4.10. The lowest BCUT2D eigenvalue weighted by Gasteiger charge is -2.06. The molecule has 0 saturated heterocycles. The summed E-state index contributed by atoms with van der Waals surface area (Å²) in [5.41, 5.74) is 0.998. The van der Waals surface area contributed by atoms with Crippen LogP contribution in [-0.4, -0.2) is 24.5 Å². The molecule has 78 valence electrons. The second-order valence-electron chi connectivity index (χ2n) is 2.86. The fourth-order valence-corrected chi connectivity index (χ4v) is 1.07. The van der Waals surface area contributed by atoms with Gasteiger partial charge in [-0.1, -0.05) is 0 Å². The zero-order valence-electron chi connectivity index (χ0n) is 8.45. The maximum absolute atomic E-state index is 10.9. The molecule has 15 heavy (non-hydrogen) atoms. The third-order valence-electron chi connectivity index (χ3n) is 1.86. The Morgan fingerprint density at radius 1 is 1.67 bits per heavy atom. The number of nitrogens with one attached hydrogen (secondary N) is 2. The molecule has 1 aromatic rings. The van der Waals surface area contributed by atoms with Crippen molar-refractivity contribution in [1.82, 2.24) is 10.3 Å². The fraction of sp³-hybridized carbons (Fsp3) is 0.300. The molecule has 1 aromatic heterocycles. The molecule has 5 nitrogen and oxygen atoms in total. The smallest absolute Gasteiger partial charge is 0.221 e. The minimum absolute atomic E-state index is 0.0371. The standard InChI is InChI=1S/C10H12N4O/c1-12-10(15)4-6-14-8-3-2-5-13-9(8)7-11/h2-3,5,14H,4,6H2,1H3,(H,12,15). The number of pyridine rings is 1. The number of aromatic nitrogens is 1. The summed E-state index contributed by atoms with van der Waals surface area (Å²) < 4.78 is 0.